The number of nitrogens with one attached hydrogen (secondary N) is 3. The Morgan fingerprint density at radius 1 is 1.40 bits per heavy atom. The van der Waals surface area contributed by atoms with E-state index in [4.69, 9.17) is 0 Å². The molecule has 0 saturated carbocycles. The fourth-order valence-electron chi connectivity index (χ4n) is 2.35. The smallest absolute Gasteiger partial charge is 0.272 e. The Hall–Kier alpha value is -2.21. The molecule has 104 valence electrons. The fraction of sp³-hybridized carbons (Fsp3) is 0.357. The first-order valence-corrected chi connectivity index (χ1v) is 6.79. The van der Waals surface area contributed by atoms with Gasteiger partial charge in [0.2, 0.25) is 0 Å². The van der Waals surface area contributed by atoms with Gasteiger partial charge < -0.3 is 10.6 Å². The quantitative estimate of drug-likeness (QED) is 0.753. The molecule has 20 heavy (non-hydrogen) atoms. The molecular weight excluding hydrogens is 254 g/mol. The number of carbonyl (C=O) groups is 1. The maximum atomic E-state index is 12.1. The van der Waals surface area contributed by atoms with Crippen LogP contribution < -0.4 is 10.6 Å². The molecule has 3 N–H and O–H groups in total. The Morgan fingerprint density at radius 2 is 2.35 bits per heavy atom. The summed E-state index contributed by atoms with van der Waals surface area (Å²) in [5.74, 6) is -0.123. The van der Waals surface area contributed by atoms with Gasteiger partial charge >= 0.3 is 0 Å². The Labute approximate surface area is 117 Å². The Balaban J connectivity index is 1.58. The van der Waals surface area contributed by atoms with Crippen molar-refractivity contribution in [3.8, 4) is 0 Å². The minimum Gasteiger partial charge on any atom is -0.350 e. The number of hydrogen-bond donors (Lipinski definition) is 3. The van der Waals surface area contributed by atoms with Gasteiger partial charge in [0, 0.05) is 55.6 Å². The lowest BCUT2D eigenvalue weighted by Gasteiger charge is -2.12. The highest BCUT2D eigenvalue weighted by atomic mass is 16.1. The van der Waals surface area contributed by atoms with Gasteiger partial charge in [0.15, 0.2) is 5.69 Å². The summed E-state index contributed by atoms with van der Waals surface area (Å²) in [6, 6.07) is 5.78. The molecule has 0 saturated heterocycles. The van der Waals surface area contributed by atoms with Crippen molar-refractivity contribution in [2.75, 3.05) is 13.1 Å². The molecule has 1 aliphatic rings. The predicted molar refractivity (Wildman–Crippen MR) is 74.3 cm³/mol. The molecule has 0 radical (unpaired) electrons. The number of H-pyrrole nitrogens is 1. The number of carbonyl (C=O) groups excluding carboxylic acids is 1. The van der Waals surface area contributed by atoms with Crippen LogP contribution in [0.5, 0.6) is 0 Å². The molecule has 0 fully saturated rings. The van der Waals surface area contributed by atoms with Crippen molar-refractivity contribution >= 4 is 5.91 Å². The summed E-state index contributed by atoms with van der Waals surface area (Å²) < 4.78 is 0. The zero-order valence-electron chi connectivity index (χ0n) is 11.1. The summed E-state index contributed by atoms with van der Waals surface area (Å²) in [6.07, 6.45) is 3.37. The standard InChI is InChI=1S/C14H17N5O/c20-14(17-8-4-10-3-1-2-6-16-10)13-11-9-15-7-5-12(11)18-19-13/h1-3,6,15H,4-5,7-9H2,(H,17,20)(H,18,19). The molecule has 0 unspecified atom stereocenters. The number of hydrogen-bond acceptors (Lipinski definition) is 4. The highest BCUT2D eigenvalue weighted by Gasteiger charge is 2.20. The van der Waals surface area contributed by atoms with Gasteiger partial charge in [0.05, 0.1) is 0 Å². The highest BCUT2D eigenvalue weighted by Crippen LogP contribution is 2.14. The van der Waals surface area contributed by atoms with Gasteiger partial charge in [-0.3, -0.25) is 14.9 Å². The van der Waals surface area contributed by atoms with E-state index in [-0.39, 0.29) is 5.91 Å². The maximum Gasteiger partial charge on any atom is 0.272 e. The summed E-state index contributed by atoms with van der Waals surface area (Å²) in [6.45, 7) is 2.19. The lowest BCUT2D eigenvalue weighted by molar-refractivity contribution is 0.0948. The van der Waals surface area contributed by atoms with Gasteiger partial charge in [0.25, 0.3) is 5.91 Å². The van der Waals surface area contributed by atoms with Crippen LogP contribution in [-0.4, -0.2) is 34.2 Å². The fourth-order valence-corrected chi connectivity index (χ4v) is 2.35. The second kappa shape index (κ2) is 5.83. The van der Waals surface area contributed by atoms with E-state index in [0.717, 1.165) is 36.3 Å². The summed E-state index contributed by atoms with van der Waals surface area (Å²) >= 11 is 0. The van der Waals surface area contributed by atoms with Crippen molar-refractivity contribution in [2.24, 2.45) is 0 Å². The lowest BCUT2D eigenvalue weighted by Crippen LogP contribution is -2.29. The lowest BCUT2D eigenvalue weighted by atomic mass is 10.1. The molecular formula is C14H17N5O. The highest BCUT2D eigenvalue weighted by molar-refractivity contribution is 5.94. The Morgan fingerprint density at radius 3 is 3.20 bits per heavy atom. The van der Waals surface area contributed by atoms with Gasteiger partial charge in [-0.1, -0.05) is 6.07 Å². The molecule has 0 aromatic carbocycles. The van der Waals surface area contributed by atoms with Gasteiger partial charge in [0.1, 0.15) is 0 Å². The predicted octanol–water partition coefficient (Wildman–Crippen LogP) is 0.423. The van der Waals surface area contributed by atoms with E-state index in [9.17, 15) is 4.79 Å². The van der Waals surface area contributed by atoms with Crippen LogP contribution in [0.2, 0.25) is 0 Å². The Bertz CT molecular complexity index is 593. The molecule has 1 amide bonds. The van der Waals surface area contributed by atoms with Crippen molar-refractivity contribution < 1.29 is 4.79 Å². The number of pyridine rings is 1. The zero-order chi connectivity index (χ0) is 13.8. The molecule has 3 rings (SSSR count). The third-order valence-corrected chi connectivity index (χ3v) is 3.41. The molecule has 0 bridgehead atoms. The van der Waals surface area contributed by atoms with Crippen LogP contribution >= 0.6 is 0 Å². The van der Waals surface area contributed by atoms with Gasteiger partial charge in [-0.25, -0.2) is 0 Å². The number of rotatable bonds is 4. The van der Waals surface area contributed by atoms with Crippen LogP contribution in [0, 0.1) is 0 Å². The molecule has 6 heteroatoms. The van der Waals surface area contributed by atoms with Gasteiger partial charge in [-0.2, -0.15) is 5.10 Å². The zero-order valence-corrected chi connectivity index (χ0v) is 11.1. The number of aromatic nitrogens is 3. The average Bonchev–Trinajstić information content (AvgIpc) is 2.92. The Kier molecular flexibility index (Phi) is 3.73. The minimum absolute atomic E-state index is 0.123. The number of amides is 1. The first-order chi connectivity index (χ1) is 9.84. The van der Waals surface area contributed by atoms with Crippen LogP contribution in [0.1, 0.15) is 27.4 Å². The van der Waals surface area contributed by atoms with E-state index in [2.05, 4.69) is 25.8 Å². The van der Waals surface area contributed by atoms with E-state index < -0.39 is 0 Å². The van der Waals surface area contributed by atoms with Crippen molar-refractivity contribution in [1.82, 2.24) is 25.8 Å². The number of aromatic amines is 1. The van der Waals surface area contributed by atoms with Crippen molar-refractivity contribution in [1.29, 1.82) is 0 Å². The molecule has 2 aromatic rings. The van der Waals surface area contributed by atoms with E-state index >= 15 is 0 Å². The van der Waals surface area contributed by atoms with Crippen molar-refractivity contribution in [2.45, 2.75) is 19.4 Å². The maximum absolute atomic E-state index is 12.1. The third-order valence-electron chi connectivity index (χ3n) is 3.41. The van der Waals surface area contributed by atoms with E-state index in [1.807, 2.05) is 18.2 Å². The molecule has 0 aliphatic carbocycles. The van der Waals surface area contributed by atoms with E-state index in [1.165, 1.54) is 0 Å². The molecule has 0 spiro atoms. The van der Waals surface area contributed by atoms with E-state index in [1.54, 1.807) is 6.20 Å². The second-order valence-corrected chi connectivity index (χ2v) is 4.78. The number of nitrogens with zero attached hydrogens (tertiary/aromatic N) is 2. The topological polar surface area (TPSA) is 82.7 Å². The van der Waals surface area contributed by atoms with Crippen molar-refractivity contribution in [3.63, 3.8) is 0 Å². The molecule has 3 heterocycles. The first-order valence-electron chi connectivity index (χ1n) is 6.79. The minimum atomic E-state index is -0.123. The summed E-state index contributed by atoms with van der Waals surface area (Å²) in [4.78, 5) is 16.4. The summed E-state index contributed by atoms with van der Waals surface area (Å²) in [5.41, 5.74) is 3.54. The van der Waals surface area contributed by atoms with Crippen LogP contribution in [-0.2, 0) is 19.4 Å². The molecule has 6 nitrogen and oxygen atoms in total. The van der Waals surface area contributed by atoms with Crippen molar-refractivity contribution in [3.05, 3.63) is 47.0 Å². The van der Waals surface area contributed by atoms with Crippen LogP contribution in [0.15, 0.2) is 24.4 Å². The average molecular weight is 271 g/mol. The summed E-state index contributed by atoms with van der Waals surface area (Å²) in [7, 11) is 0. The SMILES string of the molecule is O=C(NCCc1ccccn1)c1n[nH]c2c1CNCC2. The third kappa shape index (κ3) is 2.70. The first kappa shape index (κ1) is 12.8. The van der Waals surface area contributed by atoms with Gasteiger partial charge in [-0.15, -0.1) is 0 Å². The van der Waals surface area contributed by atoms with Gasteiger partial charge in [-0.05, 0) is 12.1 Å². The number of fused-ring (bicyclic) bond motifs is 1. The molecule has 0 atom stereocenters. The normalized spacial score (nSPS) is 13.8. The second-order valence-electron chi connectivity index (χ2n) is 4.78. The molecule has 2 aromatic heterocycles. The summed E-state index contributed by atoms with van der Waals surface area (Å²) in [5, 5.41) is 13.2. The molecule has 1 aliphatic heterocycles. The largest absolute Gasteiger partial charge is 0.350 e. The van der Waals surface area contributed by atoms with Crippen LogP contribution in [0.25, 0.3) is 0 Å². The van der Waals surface area contributed by atoms with E-state index in [0.29, 0.717) is 18.8 Å². The van der Waals surface area contributed by atoms with Crippen LogP contribution in [0.3, 0.4) is 0 Å². The van der Waals surface area contributed by atoms with Crippen LogP contribution in [0.4, 0.5) is 0 Å². The monoisotopic (exact) mass is 271 g/mol.